The van der Waals surface area contributed by atoms with E-state index in [1.54, 1.807) is 0 Å². The Morgan fingerprint density at radius 3 is 3.27 bits per heavy atom. The molecule has 0 bridgehead atoms. The lowest BCUT2D eigenvalue weighted by molar-refractivity contribution is 0.289. The predicted octanol–water partition coefficient (Wildman–Crippen LogP) is 1.76. The Morgan fingerprint density at radius 1 is 1.73 bits per heavy atom. The van der Waals surface area contributed by atoms with Crippen LogP contribution in [0, 0.1) is 5.82 Å². The van der Waals surface area contributed by atoms with Crippen molar-refractivity contribution in [2.45, 2.75) is 18.9 Å². The fourth-order valence-electron chi connectivity index (χ4n) is 0.680. The maximum atomic E-state index is 13.1. The topological polar surface area (TPSA) is 22.1 Å². The highest BCUT2D eigenvalue weighted by Gasteiger charge is 2.23. The molecule has 11 heavy (non-hydrogen) atoms. The molecule has 2 nitrogen and oxygen atoms in total. The Labute approximate surface area is 68.2 Å². The molecule has 1 aromatic rings. The molecule has 1 heterocycles. The first-order valence-electron chi connectivity index (χ1n) is 4.89. The van der Waals surface area contributed by atoms with Gasteiger partial charge in [0.15, 0.2) is 0 Å². The van der Waals surface area contributed by atoms with E-state index in [2.05, 4.69) is 4.98 Å². The third kappa shape index (κ3) is 1.67. The second-order valence-corrected chi connectivity index (χ2v) is 2.41. The van der Waals surface area contributed by atoms with Gasteiger partial charge in [0, 0.05) is 12.2 Å². The van der Waals surface area contributed by atoms with Gasteiger partial charge in [0.2, 0.25) is 5.88 Å². The summed E-state index contributed by atoms with van der Waals surface area (Å²) in [5.74, 6) is -1.22. The molecule has 3 heteroatoms. The highest BCUT2D eigenvalue weighted by molar-refractivity contribution is 5.12. The summed E-state index contributed by atoms with van der Waals surface area (Å²) < 4.78 is 39.8. The summed E-state index contributed by atoms with van der Waals surface area (Å²) in [4.78, 5) is 3.54. The molecule has 0 radical (unpaired) electrons. The van der Waals surface area contributed by atoms with Gasteiger partial charge in [-0.3, -0.25) is 0 Å². The molecule has 0 amide bonds. The molecular formula is C8H8FNO. The zero-order valence-corrected chi connectivity index (χ0v) is 5.72. The van der Waals surface area contributed by atoms with Crippen LogP contribution in [0.1, 0.15) is 17.0 Å². The molecule has 1 saturated carbocycles. The maximum Gasteiger partial charge on any atom is 0.216 e. The summed E-state index contributed by atoms with van der Waals surface area (Å²) in [6.45, 7) is 0. The van der Waals surface area contributed by atoms with Crippen molar-refractivity contribution in [2.24, 2.45) is 0 Å². The molecule has 0 N–H and O–H groups in total. The lowest BCUT2D eigenvalue weighted by Crippen LogP contribution is -1.97. The number of pyridine rings is 1. The van der Waals surface area contributed by atoms with Gasteiger partial charge in [0.1, 0.15) is 11.9 Å². The van der Waals surface area contributed by atoms with Crippen molar-refractivity contribution in [1.29, 1.82) is 0 Å². The minimum Gasteiger partial charge on any atom is -0.474 e. The first-order valence-corrected chi connectivity index (χ1v) is 3.39. The maximum absolute atomic E-state index is 13.1. The largest absolute Gasteiger partial charge is 0.474 e. The number of nitrogens with zero attached hydrogens (tertiary/aromatic N) is 1. The average molecular weight is 156 g/mol. The number of hydrogen-bond acceptors (Lipinski definition) is 2. The van der Waals surface area contributed by atoms with Crippen LogP contribution in [-0.4, -0.2) is 11.1 Å². The van der Waals surface area contributed by atoms with Gasteiger partial charge in [-0.15, -0.1) is 0 Å². The van der Waals surface area contributed by atoms with Crippen molar-refractivity contribution in [2.75, 3.05) is 0 Å². The SMILES string of the molecule is [2H]c1nc(OC2CC2)c([2H])c(F)c1[2H]. The number of rotatable bonds is 2. The molecule has 0 unspecified atom stereocenters. The summed E-state index contributed by atoms with van der Waals surface area (Å²) in [5, 5.41) is 0. The second-order valence-electron chi connectivity index (χ2n) is 2.41. The molecule has 58 valence electrons. The molecule has 1 aliphatic carbocycles. The van der Waals surface area contributed by atoms with E-state index >= 15 is 0 Å². The van der Waals surface area contributed by atoms with Crippen molar-refractivity contribution < 1.29 is 13.2 Å². The van der Waals surface area contributed by atoms with E-state index in [4.69, 9.17) is 8.85 Å². The molecule has 0 aromatic carbocycles. The Morgan fingerprint density at radius 2 is 2.55 bits per heavy atom. The van der Waals surface area contributed by atoms with Crippen LogP contribution in [0.4, 0.5) is 4.39 Å². The Kier molecular flexibility index (Phi) is 0.916. The van der Waals surface area contributed by atoms with Crippen LogP contribution in [0.5, 0.6) is 5.88 Å². The van der Waals surface area contributed by atoms with Gasteiger partial charge in [0.05, 0.1) is 4.11 Å². The molecule has 0 atom stereocenters. The van der Waals surface area contributed by atoms with Crippen molar-refractivity contribution in [1.82, 2.24) is 4.98 Å². The van der Waals surface area contributed by atoms with E-state index in [0.29, 0.717) is 0 Å². The van der Waals surface area contributed by atoms with Crippen LogP contribution in [0.3, 0.4) is 0 Å². The van der Waals surface area contributed by atoms with E-state index < -0.39 is 24.1 Å². The van der Waals surface area contributed by atoms with Gasteiger partial charge in [-0.2, -0.15) is 0 Å². The van der Waals surface area contributed by atoms with Crippen LogP contribution in [0.25, 0.3) is 0 Å². The number of halogens is 1. The number of ether oxygens (including phenoxy) is 1. The Bertz CT molecular complexity index is 381. The highest BCUT2D eigenvalue weighted by Crippen LogP contribution is 2.25. The summed E-state index contributed by atoms with van der Waals surface area (Å²) in [7, 11) is 0. The van der Waals surface area contributed by atoms with Gasteiger partial charge >= 0.3 is 0 Å². The van der Waals surface area contributed by atoms with Gasteiger partial charge in [-0.05, 0) is 18.9 Å². The van der Waals surface area contributed by atoms with Crippen molar-refractivity contribution in [3.63, 3.8) is 0 Å². The Hall–Kier alpha value is -1.12. The zero-order valence-electron chi connectivity index (χ0n) is 8.72. The van der Waals surface area contributed by atoms with Gasteiger partial charge < -0.3 is 4.74 Å². The molecule has 1 aromatic heterocycles. The van der Waals surface area contributed by atoms with Crippen molar-refractivity contribution in [3.8, 4) is 5.88 Å². The minimum atomic E-state index is -1.04. The minimum absolute atomic E-state index is 0.00184. The number of hydrogen-bond donors (Lipinski definition) is 0. The van der Waals surface area contributed by atoms with Crippen LogP contribution in [0.15, 0.2) is 18.3 Å². The van der Waals surface area contributed by atoms with E-state index in [-0.39, 0.29) is 12.0 Å². The Balaban J connectivity index is 2.38. The van der Waals surface area contributed by atoms with Gasteiger partial charge in [0.25, 0.3) is 0 Å². The zero-order chi connectivity index (χ0) is 10.3. The standard InChI is InChI=1S/C8H8FNO/c9-6-3-4-10-8(5-6)11-7-1-2-7/h3-5,7H,1-2H2/i3D,4D,5D. The summed E-state index contributed by atoms with van der Waals surface area (Å²) >= 11 is 0. The quantitative estimate of drug-likeness (QED) is 0.651. The van der Waals surface area contributed by atoms with Crippen LogP contribution < -0.4 is 4.74 Å². The lowest BCUT2D eigenvalue weighted by Gasteiger charge is -2.00. The molecule has 1 fully saturated rings. The summed E-state index contributed by atoms with van der Waals surface area (Å²) in [6.07, 6.45) is 1.26. The van der Waals surface area contributed by atoms with E-state index in [1.165, 1.54) is 0 Å². The fraction of sp³-hybridized carbons (Fsp3) is 0.375. The molecule has 0 aliphatic heterocycles. The number of aromatic nitrogens is 1. The van der Waals surface area contributed by atoms with E-state index in [0.717, 1.165) is 12.8 Å². The van der Waals surface area contributed by atoms with Crippen LogP contribution >= 0.6 is 0 Å². The predicted molar refractivity (Wildman–Crippen MR) is 37.8 cm³/mol. The molecule has 2 rings (SSSR count). The van der Waals surface area contributed by atoms with Gasteiger partial charge in [-0.25, -0.2) is 9.37 Å². The highest BCUT2D eigenvalue weighted by atomic mass is 19.1. The summed E-state index contributed by atoms with van der Waals surface area (Å²) in [5.41, 5.74) is 0. The van der Waals surface area contributed by atoms with Gasteiger partial charge in [-0.1, -0.05) is 0 Å². The van der Waals surface area contributed by atoms with Crippen LogP contribution in [-0.2, 0) is 0 Å². The molecule has 1 aliphatic rings. The average Bonchev–Trinajstić information content (AvgIpc) is 2.94. The smallest absolute Gasteiger partial charge is 0.216 e. The normalized spacial score (nSPS) is 20.3. The third-order valence-electron chi connectivity index (χ3n) is 1.34. The summed E-state index contributed by atoms with van der Waals surface area (Å²) in [6, 6.07) is -1.18. The monoisotopic (exact) mass is 156 g/mol. The second kappa shape index (κ2) is 2.49. The van der Waals surface area contributed by atoms with E-state index in [1.807, 2.05) is 0 Å². The molecule has 0 saturated heterocycles. The van der Waals surface area contributed by atoms with Crippen LogP contribution in [0.2, 0.25) is 0 Å². The fourth-order valence-corrected chi connectivity index (χ4v) is 0.680. The lowest BCUT2D eigenvalue weighted by atomic mass is 10.5. The third-order valence-corrected chi connectivity index (χ3v) is 1.34. The van der Waals surface area contributed by atoms with E-state index in [9.17, 15) is 4.39 Å². The molecule has 0 spiro atoms. The van der Waals surface area contributed by atoms with Crippen molar-refractivity contribution >= 4 is 0 Å². The van der Waals surface area contributed by atoms with Crippen molar-refractivity contribution in [3.05, 3.63) is 24.1 Å². The molecular weight excluding hydrogens is 145 g/mol. The first-order chi connectivity index (χ1) is 6.59. The first kappa shape index (κ1) is 4.04.